The maximum absolute atomic E-state index is 4.64. The SMILES string of the molecule is Cc1cnc(C)c(N2CCN(c3ccc4nncn4n3)CC2)n1. The van der Waals surface area contributed by atoms with Crippen molar-refractivity contribution < 1.29 is 0 Å². The number of nitrogens with zero attached hydrogens (tertiary/aromatic N) is 8. The highest BCUT2D eigenvalue weighted by Crippen LogP contribution is 2.20. The highest BCUT2D eigenvalue weighted by Gasteiger charge is 2.21. The summed E-state index contributed by atoms with van der Waals surface area (Å²) in [5.41, 5.74) is 2.69. The molecule has 0 radical (unpaired) electrons. The van der Waals surface area contributed by atoms with Gasteiger partial charge in [0.1, 0.15) is 18.0 Å². The molecule has 118 valence electrons. The largest absolute Gasteiger partial charge is 0.352 e. The fourth-order valence-electron chi connectivity index (χ4n) is 2.86. The highest BCUT2D eigenvalue weighted by molar-refractivity contribution is 5.49. The predicted octanol–water partition coefficient (Wildman–Crippen LogP) is 0.858. The molecule has 0 amide bonds. The Balaban J connectivity index is 1.51. The Morgan fingerprint density at radius 1 is 1.00 bits per heavy atom. The molecular weight excluding hydrogens is 292 g/mol. The molecule has 3 aromatic heterocycles. The second-order valence-electron chi connectivity index (χ2n) is 5.72. The van der Waals surface area contributed by atoms with E-state index in [-0.39, 0.29) is 0 Å². The van der Waals surface area contributed by atoms with Crippen LogP contribution in [0.15, 0.2) is 24.7 Å². The topological polar surface area (TPSA) is 75.3 Å². The van der Waals surface area contributed by atoms with Crippen molar-refractivity contribution in [1.29, 1.82) is 0 Å². The van der Waals surface area contributed by atoms with Crippen LogP contribution in [0.1, 0.15) is 11.4 Å². The van der Waals surface area contributed by atoms with Crippen LogP contribution in [0.5, 0.6) is 0 Å². The molecule has 23 heavy (non-hydrogen) atoms. The van der Waals surface area contributed by atoms with Gasteiger partial charge in [0.15, 0.2) is 5.65 Å². The van der Waals surface area contributed by atoms with E-state index in [4.69, 9.17) is 0 Å². The number of hydrogen-bond donors (Lipinski definition) is 0. The number of anilines is 2. The molecule has 8 nitrogen and oxygen atoms in total. The molecule has 0 unspecified atom stereocenters. The van der Waals surface area contributed by atoms with Crippen molar-refractivity contribution in [1.82, 2.24) is 29.8 Å². The summed E-state index contributed by atoms with van der Waals surface area (Å²) in [6.45, 7) is 7.59. The second kappa shape index (κ2) is 5.45. The molecule has 0 spiro atoms. The minimum absolute atomic E-state index is 0.762. The Kier molecular flexibility index (Phi) is 3.29. The zero-order valence-corrected chi connectivity index (χ0v) is 13.2. The first-order chi connectivity index (χ1) is 11.2. The Bertz CT molecular complexity index is 834. The van der Waals surface area contributed by atoms with Crippen molar-refractivity contribution in [2.24, 2.45) is 0 Å². The molecule has 0 saturated carbocycles. The van der Waals surface area contributed by atoms with Gasteiger partial charge in [0.25, 0.3) is 0 Å². The van der Waals surface area contributed by atoms with Gasteiger partial charge < -0.3 is 9.80 Å². The molecule has 0 aromatic carbocycles. The molecule has 8 heteroatoms. The van der Waals surface area contributed by atoms with E-state index in [1.807, 2.05) is 32.2 Å². The van der Waals surface area contributed by atoms with E-state index < -0.39 is 0 Å². The summed E-state index contributed by atoms with van der Waals surface area (Å²) in [7, 11) is 0. The van der Waals surface area contributed by atoms with Crippen LogP contribution in [0, 0.1) is 13.8 Å². The van der Waals surface area contributed by atoms with Gasteiger partial charge >= 0.3 is 0 Å². The first-order valence-corrected chi connectivity index (χ1v) is 7.68. The van der Waals surface area contributed by atoms with Gasteiger partial charge in [-0.2, -0.15) is 4.52 Å². The lowest BCUT2D eigenvalue weighted by Gasteiger charge is -2.36. The standard InChI is InChI=1S/C15H18N8/c1-11-9-16-12(2)15(18-11)22-7-5-21(6-8-22)14-4-3-13-19-17-10-23(13)20-14/h3-4,9-10H,5-8H2,1-2H3. The van der Waals surface area contributed by atoms with Crippen LogP contribution in [0.2, 0.25) is 0 Å². The molecule has 0 bridgehead atoms. The van der Waals surface area contributed by atoms with Crippen LogP contribution in [0.4, 0.5) is 11.6 Å². The first-order valence-electron chi connectivity index (χ1n) is 7.68. The number of aromatic nitrogens is 6. The van der Waals surface area contributed by atoms with E-state index in [0.29, 0.717) is 0 Å². The summed E-state index contributed by atoms with van der Waals surface area (Å²) in [5.74, 6) is 1.94. The molecule has 0 N–H and O–H groups in total. The Morgan fingerprint density at radius 3 is 2.61 bits per heavy atom. The minimum Gasteiger partial charge on any atom is -0.352 e. The fourth-order valence-corrected chi connectivity index (χ4v) is 2.86. The summed E-state index contributed by atoms with van der Waals surface area (Å²) in [6.07, 6.45) is 3.44. The van der Waals surface area contributed by atoms with Crippen molar-refractivity contribution in [2.45, 2.75) is 13.8 Å². The highest BCUT2D eigenvalue weighted by atomic mass is 15.4. The van der Waals surface area contributed by atoms with Crippen molar-refractivity contribution in [3.8, 4) is 0 Å². The van der Waals surface area contributed by atoms with Crippen molar-refractivity contribution >= 4 is 17.3 Å². The Labute approximate surface area is 133 Å². The van der Waals surface area contributed by atoms with E-state index in [1.54, 1.807) is 10.8 Å². The zero-order chi connectivity index (χ0) is 15.8. The number of aryl methyl sites for hydroxylation is 2. The molecule has 1 saturated heterocycles. The summed E-state index contributed by atoms with van der Waals surface area (Å²) >= 11 is 0. The third-order valence-electron chi connectivity index (χ3n) is 4.10. The van der Waals surface area contributed by atoms with Crippen molar-refractivity contribution in [3.05, 3.63) is 36.0 Å². The monoisotopic (exact) mass is 310 g/mol. The Morgan fingerprint density at radius 2 is 1.78 bits per heavy atom. The minimum atomic E-state index is 0.762. The normalized spacial score (nSPS) is 15.4. The van der Waals surface area contributed by atoms with Gasteiger partial charge in [0, 0.05) is 32.4 Å². The summed E-state index contributed by atoms with van der Waals surface area (Å²) in [5, 5.41) is 12.4. The predicted molar refractivity (Wildman–Crippen MR) is 86.7 cm³/mol. The summed E-state index contributed by atoms with van der Waals surface area (Å²) in [6, 6.07) is 3.94. The maximum Gasteiger partial charge on any atom is 0.177 e. The molecule has 4 rings (SSSR count). The lowest BCUT2D eigenvalue weighted by atomic mass is 10.3. The zero-order valence-electron chi connectivity index (χ0n) is 13.2. The van der Waals surface area contributed by atoms with Gasteiger partial charge in [-0.05, 0) is 26.0 Å². The third kappa shape index (κ3) is 2.56. The smallest absolute Gasteiger partial charge is 0.177 e. The maximum atomic E-state index is 4.64. The summed E-state index contributed by atoms with van der Waals surface area (Å²) < 4.78 is 1.71. The number of hydrogen-bond acceptors (Lipinski definition) is 7. The molecule has 1 aliphatic rings. The van der Waals surface area contributed by atoms with Crippen LogP contribution in [0.3, 0.4) is 0 Å². The summed E-state index contributed by atoms with van der Waals surface area (Å²) in [4.78, 5) is 13.6. The van der Waals surface area contributed by atoms with E-state index >= 15 is 0 Å². The quantitative estimate of drug-likeness (QED) is 0.695. The van der Waals surface area contributed by atoms with Gasteiger partial charge in [-0.3, -0.25) is 4.98 Å². The lowest BCUT2D eigenvalue weighted by Crippen LogP contribution is -2.47. The average Bonchev–Trinajstić information content (AvgIpc) is 3.05. The van der Waals surface area contributed by atoms with Crippen LogP contribution in [-0.2, 0) is 0 Å². The van der Waals surface area contributed by atoms with E-state index in [1.165, 1.54) is 0 Å². The van der Waals surface area contributed by atoms with Gasteiger partial charge in [-0.15, -0.1) is 15.3 Å². The first kappa shape index (κ1) is 13.9. The van der Waals surface area contributed by atoms with Gasteiger partial charge in [0.05, 0.1) is 11.4 Å². The van der Waals surface area contributed by atoms with Crippen LogP contribution in [0.25, 0.3) is 5.65 Å². The van der Waals surface area contributed by atoms with Gasteiger partial charge in [0.2, 0.25) is 0 Å². The van der Waals surface area contributed by atoms with Gasteiger partial charge in [-0.25, -0.2) is 4.98 Å². The second-order valence-corrected chi connectivity index (χ2v) is 5.72. The van der Waals surface area contributed by atoms with E-state index in [0.717, 1.165) is 54.8 Å². The average molecular weight is 310 g/mol. The molecule has 0 aliphatic carbocycles. The van der Waals surface area contributed by atoms with Crippen molar-refractivity contribution in [3.63, 3.8) is 0 Å². The van der Waals surface area contributed by atoms with E-state index in [9.17, 15) is 0 Å². The molecule has 3 aromatic rings. The van der Waals surface area contributed by atoms with Crippen LogP contribution >= 0.6 is 0 Å². The molecule has 0 atom stereocenters. The van der Waals surface area contributed by atoms with E-state index in [2.05, 4.69) is 35.1 Å². The molecular formula is C15H18N8. The third-order valence-corrected chi connectivity index (χ3v) is 4.10. The number of rotatable bonds is 2. The number of fused-ring (bicyclic) bond motifs is 1. The lowest BCUT2D eigenvalue weighted by molar-refractivity contribution is 0.632. The van der Waals surface area contributed by atoms with Crippen molar-refractivity contribution in [2.75, 3.05) is 36.0 Å². The molecule has 4 heterocycles. The van der Waals surface area contributed by atoms with Crippen LogP contribution < -0.4 is 9.80 Å². The molecule has 1 fully saturated rings. The Hall–Kier alpha value is -2.77. The fraction of sp³-hybridized carbons (Fsp3) is 0.400. The van der Waals surface area contributed by atoms with Crippen LogP contribution in [-0.4, -0.2) is 56.0 Å². The number of piperazine rings is 1. The molecule has 1 aliphatic heterocycles. The van der Waals surface area contributed by atoms with Gasteiger partial charge in [-0.1, -0.05) is 0 Å².